The number of aliphatic hydroxyl groups excluding tert-OH is 1. The van der Waals surface area contributed by atoms with Gasteiger partial charge in [-0.3, -0.25) is 4.79 Å². The topological polar surface area (TPSA) is 58.6 Å². The van der Waals surface area contributed by atoms with Gasteiger partial charge in [0.05, 0.1) is 12.7 Å². The predicted octanol–water partition coefficient (Wildman–Crippen LogP) is 3.78. The van der Waals surface area contributed by atoms with Crippen molar-refractivity contribution in [1.82, 2.24) is 0 Å². The highest BCUT2D eigenvalue weighted by Gasteiger charge is 2.08. The number of aliphatic hydroxyl groups is 1. The average Bonchev–Trinajstić information content (AvgIpc) is 2.53. The summed E-state index contributed by atoms with van der Waals surface area (Å²) in [4.78, 5) is 12.2. The minimum atomic E-state index is -0.517. The number of anilines is 1. The number of amides is 1. The summed E-state index contributed by atoms with van der Waals surface area (Å²) in [6.45, 7) is 4.37. The fourth-order valence-electron chi connectivity index (χ4n) is 2.00. The van der Waals surface area contributed by atoms with Crippen molar-refractivity contribution in [2.45, 2.75) is 26.4 Å². The second kappa shape index (κ2) is 7.61. The summed E-state index contributed by atoms with van der Waals surface area (Å²) in [5, 5.41) is 12.3. The van der Waals surface area contributed by atoms with Crippen LogP contribution in [0.5, 0.6) is 5.75 Å². The lowest BCUT2D eigenvalue weighted by atomic mass is 10.1. The van der Waals surface area contributed by atoms with Crippen LogP contribution >= 0.6 is 0 Å². The van der Waals surface area contributed by atoms with E-state index >= 15 is 0 Å². The molecule has 4 heteroatoms. The number of carbonyl (C=O) groups excluding carboxylic acids is 1. The summed E-state index contributed by atoms with van der Waals surface area (Å²) in [6.07, 6.45) is 0.406. The second-order valence-electron chi connectivity index (χ2n) is 5.13. The second-order valence-corrected chi connectivity index (χ2v) is 5.13. The minimum Gasteiger partial charge on any atom is -0.494 e. The number of nitrogens with one attached hydrogen (secondary N) is 1. The van der Waals surface area contributed by atoms with Gasteiger partial charge in [-0.05, 0) is 49.2 Å². The van der Waals surface area contributed by atoms with Gasteiger partial charge in [0.15, 0.2) is 0 Å². The molecule has 1 amide bonds. The SMILES string of the molecule is CCCOc1cccc(C(=O)Nc2ccc([C@@H](C)O)cc2)c1. The maximum Gasteiger partial charge on any atom is 0.255 e. The average molecular weight is 299 g/mol. The van der Waals surface area contributed by atoms with Gasteiger partial charge in [-0.1, -0.05) is 25.1 Å². The number of carbonyl (C=O) groups is 1. The monoisotopic (exact) mass is 299 g/mol. The third kappa shape index (κ3) is 4.33. The van der Waals surface area contributed by atoms with Crippen molar-refractivity contribution in [1.29, 1.82) is 0 Å². The summed E-state index contributed by atoms with van der Waals surface area (Å²) in [6, 6.07) is 14.3. The highest BCUT2D eigenvalue weighted by atomic mass is 16.5. The van der Waals surface area contributed by atoms with Gasteiger partial charge < -0.3 is 15.2 Å². The first-order valence-corrected chi connectivity index (χ1v) is 7.42. The van der Waals surface area contributed by atoms with Crippen LogP contribution < -0.4 is 10.1 Å². The lowest BCUT2D eigenvalue weighted by molar-refractivity contribution is 0.102. The molecule has 0 aliphatic rings. The summed E-state index contributed by atoms with van der Waals surface area (Å²) >= 11 is 0. The van der Waals surface area contributed by atoms with Gasteiger partial charge in [0.1, 0.15) is 5.75 Å². The van der Waals surface area contributed by atoms with Crippen LogP contribution in [0.4, 0.5) is 5.69 Å². The number of hydrogen-bond acceptors (Lipinski definition) is 3. The van der Waals surface area contributed by atoms with Crippen LogP contribution in [0, 0.1) is 0 Å². The summed E-state index contributed by atoms with van der Waals surface area (Å²) in [5.41, 5.74) is 2.05. The van der Waals surface area contributed by atoms with Crippen molar-refractivity contribution in [2.24, 2.45) is 0 Å². The van der Waals surface area contributed by atoms with E-state index in [9.17, 15) is 9.90 Å². The zero-order chi connectivity index (χ0) is 15.9. The first-order valence-electron chi connectivity index (χ1n) is 7.42. The van der Waals surface area contributed by atoms with Gasteiger partial charge in [-0.2, -0.15) is 0 Å². The number of ether oxygens (including phenoxy) is 1. The van der Waals surface area contributed by atoms with Gasteiger partial charge in [-0.15, -0.1) is 0 Å². The minimum absolute atomic E-state index is 0.188. The molecule has 0 heterocycles. The Morgan fingerprint density at radius 2 is 1.95 bits per heavy atom. The summed E-state index contributed by atoms with van der Waals surface area (Å²) in [7, 11) is 0. The van der Waals surface area contributed by atoms with Gasteiger partial charge in [-0.25, -0.2) is 0 Å². The molecule has 2 N–H and O–H groups in total. The smallest absolute Gasteiger partial charge is 0.255 e. The quantitative estimate of drug-likeness (QED) is 0.853. The van der Waals surface area contributed by atoms with E-state index in [1.807, 2.05) is 13.0 Å². The molecule has 1 atom stereocenters. The van der Waals surface area contributed by atoms with Crippen molar-refractivity contribution < 1.29 is 14.6 Å². The van der Waals surface area contributed by atoms with Crippen LogP contribution in [0.1, 0.15) is 42.3 Å². The van der Waals surface area contributed by atoms with Gasteiger partial charge in [0.25, 0.3) is 5.91 Å². The predicted molar refractivity (Wildman–Crippen MR) is 87.3 cm³/mol. The zero-order valence-corrected chi connectivity index (χ0v) is 12.9. The maximum absolute atomic E-state index is 12.2. The van der Waals surface area contributed by atoms with E-state index in [1.54, 1.807) is 49.4 Å². The lowest BCUT2D eigenvalue weighted by Crippen LogP contribution is -2.12. The molecule has 0 fully saturated rings. The van der Waals surface area contributed by atoms with Crippen molar-refractivity contribution in [3.8, 4) is 5.75 Å². The standard InChI is InChI=1S/C18H21NO3/c1-3-11-22-17-6-4-5-15(12-17)18(21)19-16-9-7-14(8-10-16)13(2)20/h4-10,12-13,20H,3,11H2,1-2H3,(H,19,21)/t13-/m1/s1. The Kier molecular flexibility index (Phi) is 5.55. The van der Waals surface area contributed by atoms with Crippen LogP contribution in [0.3, 0.4) is 0 Å². The van der Waals surface area contributed by atoms with E-state index in [4.69, 9.17) is 4.74 Å². The zero-order valence-electron chi connectivity index (χ0n) is 12.9. The number of hydrogen-bond donors (Lipinski definition) is 2. The molecule has 22 heavy (non-hydrogen) atoms. The van der Waals surface area contributed by atoms with Crippen LogP contribution in [-0.2, 0) is 0 Å². The largest absolute Gasteiger partial charge is 0.494 e. The van der Waals surface area contributed by atoms with Crippen LogP contribution in [-0.4, -0.2) is 17.6 Å². The number of rotatable bonds is 6. The van der Waals surface area contributed by atoms with Gasteiger partial charge in [0.2, 0.25) is 0 Å². The Morgan fingerprint density at radius 3 is 2.59 bits per heavy atom. The molecule has 0 bridgehead atoms. The van der Waals surface area contributed by atoms with E-state index in [-0.39, 0.29) is 5.91 Å². The van der Waals surface area contributed by atoms with Crippen molar-refractivity contribution in [3.63, 3.8) is 0 Å². The molecule has 0 saturated carbocycles. The molecule has 0 saturated heterocycles. The molecule has 2 aromatic carbocycles. The molecule has 2 rings (SSSR count). The molecule has 2 aromatic rings. The van der Waals surface area contributed by atoms with Gasteiger partial charge >= 0.3 is 0 Å². The molecule has 0 radical (unpaired) electrons. The van der Waals surface area contributed by atoms with E-state index < -0.39 is 6.10 Å². The van der Waals surface area contributed by atoms with Crippen LogP contribution in [0.15, 0.2) is 48.5 Å². The van der Waals surface area contributed by atoms with Crippen LogP contribution in [0.2, 0.25) is 0 Å². The van der Waals surface area contributed by atoms with E-state index in [1.165, 1.54) is 0 Å². The molecule has 0 spiro atoms. The van der Waals surface area contributed by atoms with E-state index in [2.05, 4.69) is 5.32 Å². The normalized spacial score (nSPS) is 11.8. The van der Waals surface area contributed by atoms with Crippen molar-refractivity contribution in [3.05, 3.63) is 59.7 Å². The molecule has 116 valence electrons. The van der Waals surface area contributed by atoms with Crippen molar-refractivity contribution >= 4 is 11.6 Å². The Balaban J connectivity index is 2.05. The highest BCUT2D eigenvalue weighted by molar-refractivity contribution is 6.04. The molecule has 0 aromatic heterocycles. The van der Waals surface area contributed by atoms with Gasteiger partial charge in [0, 0.05) is 11.3 Å². The summed E-state index contributed by atoms with van der Waals surface area (Å²) < 4.78 is 5.53. The Labute approximate surface area is 130 Å². The fourth-order valence-corrected chi connectivity index (χ4v) is 2.00. The highest BCUT2D eigenvalue weighted by Crippen LogP contribution is 2.18. The van der Waals surface area contributed by atoms with Crippen molar-refractivity contribution in [2.75, 3.05) is 11.9 Å². The molecule has 0 aliphatic heterocycles. The third-order valence-corrected chi connectivity index (χ3v) is 3.22. The van der Waals surface area contributed by atoms with Crippen LogP contribution in [0.25, 0.3) is 0 Å². The molecule has 0 unspecified atom stereocenters. The molecular formula is C18H21NO3. The Morgan fingerprint density at radius 1 is 1.23 bits per heavy atom. The Hall–Kier alpha value is -2.33. The van der Waals surface area contributed by atoms with E-state index in [0.29, 0.717) is 23.6 Å². The number of benzene rings is 2. The third-order valence-electron chi connectivity index (χ3n) is 3.22. The Bertz CT molecular complexity index is 620. The fraction of sp³-hybridized carbons (Fsp3) is 0.278. The molecule has 4 nitrogen and oxygen atoms in total. The molecular weight excluding hydrogens is 278 g/mol. The maximum atomic E-state index is 12.2. The van der Waals surface area contributed by atoms with E-state index in [0.717, 1.165) is 12.0 Å². The molecule has 0 aliphatic carbocycles. The first kappa shape index (κ1) is 16.0. The lowest BCUT2D eigenvalue weighted by Gasteiger charge is -2.09. The first-order chi connectivity index (χ1) is 10.6. The summed E-state index contributed by atoms with van der Waals surface area (Å²) in [5.74, 6) is 0.505.